The van der Waals surface area contributed by atoms with Gasteiger partial charge in [0.05, 0.1) is 12.9 Å². The maximum absolute atomic E-state index is 13.8. The fourth-order valence-corrected chi connectivity index (χ4v) is 2.44. The molecule has 114 valence electrons. The average molecular weight is 297 g/mol. The number of rotatable bonds is 3. The number of hydrogen-bond donors (Lipinski definition) is 2. The smallest absolute Gasteiger partial charge is 0.167 e. The van der Waals surface area contributed by atoms with E-state index >= 15 is 0 Å². The summed E-state index contributed by atoms with van der Waals surface area (Å²) in [6.07, 6.45) is -2.30. The lowest BCUT2D eigenvalue weighted by Crippen LogP contribution is -2.29. The van der Waals surface area contributed by atoms with Crippen LogP contribution in [0.2, 0.25) is 0 Å². The van der Waals surface area contributed by atoms with Crippen LogP contribution in [0.1, 0.15) is 6.23 Å². The molecular weight excluding hydrogens is 281 g/mol. The number of nitrogens with zero attached hydrogens (tertiary/aromatic N) is 5. The van der Waals surface area contributed by atoms with E-state index in [1.54, 1.807) is 4.90 Å². The number of imidazole rings is 1. The molecule has 0 bridgehead atoms. The number of anilines is 1. The maximum atomic E-state index is 13.8. The van der Waals surface area contributed by atoms with Gasteiger partial charge in [-0.3, -0.25) is 4.57 Å². The Hall–Kier alpha value is -1.84. The zero-order valence-corrected chi connectivity index (χ0v) is 11.6. The Morgan fingerprint density at radius 2 is 2.14 bits per heavy atom. The minimum absolute atomic E-state index is 0.434. The van der Waals surface area contributed by atoms with Crippen molar-refractivity contribution in [3.63, 3.8) is 0 Å². The second-order valence-electron chi connectivity index (χ2n) is 5.10. The summed E-state index contributed by atoms with van der Waals surface area (Å²) in [4.78, 5) is 14.3. The zero-order chi connectivity index (χ0) is 15.1. The lowest BCUT2D eigenvalue weighted by Gasteiger charge is -2.16. The molecule has 3 heterocycles. The topological polar surface area (TPSA) is 96.5 Å². The van der Waals surface area contributed by atoms with Crippen molar-refractivity contribution in [1.29, 1.82) is 0 Å². The van der Waals surface area contributed by atoms with Gasteiger partial charge in [-0.1, -0.05) is 0 Å². The van der Waals surface area contributed by atoms with Gasteiger partial charge >= 0.3 is 0 Å². The van der Waals surface area contributed by atoms with Crippen molar-refractivity contribution in [1.82, 2.24) is 19.5 Å². The molecule has 0 saturated carbocycles. The Morgan fingerprint density at radius 3 is 2.76 bits per heavy atom. The van der Waals surface area contributed by atoms with Crippen LogP contribution in [-0.2, 0) is 4.74 Å². The van der Waals surface area contributed by atoms with Gasteiger partial charge in [0.2, 0.25) is 0 Å². The van der Waals surface area contributed by atoms with Gasteiger partial charge in [-0.15, -0.1) is 0 Å². The highest BCUT2D eigenvalue weighted by Crippen LogP contribution is 2.33. The van der Waals surface area contributed by atoms with Crippen molar-refractivity contribution in [2.24, 2.45) is 0 Å². The van der Waals surface area contributed by atoms with Crippen LogP contribution in [0.15, 0.2) is 12.7 Å². The molecule has 2 N–H and O–H groups in total. The van der Waals surface area contributed by atoms with E-state index in [9.17, 15) is 9.50 Å². The van der Waals surface area contributed by atoms with Crippen LogP contribution in [0.4, 0.5) is 10.2 Å². The molecule has 0 radical (unpaired) electrons. The molecule has 2 aromatic rings. The first kappa shape index (κ1) is 14.1. The summed E-state index contributed by atoms with van der Waals surface area (Å²) in [6.45, 7) is -0.501. The number of fused-ring (bicyclic) bond motifs is 1. The molecule has 0 spiro atoms. The second kappa shape index (κ2) is 5.17. The molecule has 8 nitrogen and oxygen atoms in total. The number of aliphatic hydroxyl groups excluding tert-OH is 2. The van der Waals surface area contributed by atoms with E-state index in [1.807, 2.05) is 14.1 Å². The maximum Gasteiger partial charge on any atom is 0.167 e. The molecule has 3 rings (SSSR count). The lowest BCUT2D eigenvalue weighted by molar-refractivity contribution is -0.0495. The molecule has 0 unspecified atom stereocenters. The van der Waals surface area contributed by atoms with Crippen molar-refractivity contribution in [3.05, 3.63) is 12.7 Å². The van der Waals surface area contributed by atoms with E-state index in [1.165, 1.54) is 17.2 Å². The monoisotopic (exact) mass is 297 g/mol. The minimum atomic E-state index is -1.66. The van der Waals surface area contributed by atoms with Crippen LogP contribution >= 0.6 is 0 Å². The third-order valence-corrected chi connectivity index (χ3v) is 3.50. The van der Waals surface area contributed by atoms with Crippen LogP contribution in [0.5, 0.6) is 0 Å². The molecule has 2 aromatic heterocycles. The number of ether oxygens (including phenoxy) is 1. The summed E-state index contributed by atoms with van der Waals surface area (Å²) in [6, 6.07) is 0. The molecule has 0 amide bonds. The van der Waals surface area contributed by atoms with Crippen LogP contribution in [0, 0.1) is 0 Å². The molecule has 9 heteroatoms. The van der Waals surface area contributed by atoms with Crippen molar-refractivity contribution in [2.75, 3.05) is 25.6 Å². The van der Waals surface area contributed by atoms with E-state index in [2.05, 4.69) is 15.0 Å². The van der Waals surface area contributed by atoms with Gasteiger partial charge in [-0.05, 0) is 0 Å². The van der Waals surface area contributed by atoms with Crippen LogP contribution < -0.4 is 4.90 Å². The SMILES string of the molecule is CN(C)c1ncnc2c1ncn2[C@@H]1O[C@H](CO)[C@@H](F)[C@@H]1O. The van der Waals surface area contributed by atoms with Crippen molar-refractivity contribution in [3.8, 4) is 0 Å². The van der Waals surface area contributed by atoms with Crippen LogP contribution in [-0.4, -0.2) is 68.8 Å². The molecular formula is C12H16FN5O3. The molecule has 0 aromatic carbocycles. The Balaban J connectivity index is 2.04. The Morgan fingerprint density at radius 1 is 1.38 bits per heavy atom. The highest BCUT2D eigenvalue weighted by molar-refractivity contribution is 5.83. The van der Waals surface area contributed by atoms with E-state index in [0.717, 1.165) is 0 Å². The minimum Gasteiger partial charge on any atom is -0.394 e. The van der Waals surface area contributed by atoms with Crippen LogP contribution in [0.3, 0.4) is 0 Å². The summed E-state index contributed by atoms with van der Waals surface area (Å²) >= 11 is 0. The summed E-state index contributed by atoms with van der Waals surface area (Å²) in [5.41, 5.74) is 0.963. The average Bonchev–Trinajstić information content (AvgIpc) is 3.01. The van der Waals surface area contributed by atoms with Gasteiger partial charge in [-0.2, -0.15) is 0 Å². The number of aliphatic hydroxyl groups is 2. The normalized spacial score (nSPS) is 29.2. The number of hydrogen-bond acceptors (Lipinski definition) is 7. The molecule has 21 heavy (non-hydrogen) atoms. The summed E-state index contributed by atoms with van der Waals surface area (Å²) < 4.78 is 20.6. The summed E-state index contributed by atoms with van der Waals surface area (Å²) in [5, 5.41) is 19.0. The van der Waals surface area contributed by atoms with E-state index in [4.69, 9.17) is 9.84 Å². The standard InChI is InChI=1S/C12H16FN5O3/c1-17(2)10-8-11(15-4-14-10)18(5-16-8)12-9(20)7(13)6(3-19)21-12/h4-7,9,12,19-20H,3H2,1-2H3/t6-,7-,9+,12-/m1/s1. The molecule has 1 fully saturated rings. The third-order valence-electron chi connectivity index (χ3n) is 3.50. The molecule has 1 aliphatic heterocycles. The second-order valence-corrected chi connectivity index (χ2v) is 5.10. The first-order valence-corrected chi connectivity index (χ1v) is 6.48. The van der Waals surface area contributed by atoms with Gasteiger partial charge in [0.15, 0.2) is 29.4 Å². The van der Waals surface area contributed by atoms with Gasteiger partial charge in [0, 0.05) is 14.1 Å². The summed E-state index contributed by atoms with van der Waals surface area (Å²) in [5.74, 6) is 0.613. The highest BCUT2D eigenvalue weighted by atomic mass is 19.1. The van der Waals surface area contributed by atoms with Gasteiger partial charge in [0.25, 0.3) is 0 Å². The molecule has 4 atom stereocenters. The van der Waals surface area contributed by atoms with Crippen molar-refractivity contribution in [2.45, 2.75) is 24.6 Å². The molecule has 0 aliphatic carbocycles. The predicted octanol–water partition coefficient (Wildman–Crippen LogP) is -0.519. The van der Waals surface area contributed by atoms with Crippen molar-refractivity contribution >= 4 is 17.0 Å². The largest absolute Gasteiger partial charge is 0.394 e. The van der Waals surface area contributed by atoms with E-state index < -0.39 is 31.2 Å². The predicted molar refractivity (Wildman–Crippen MR) is 71.5 cm³/mol. The molecule has 1 saturated heterocycles. The third kappa shape index (κ3) is 2.13. The Kier molecular flexibility index (Phi) is 3.47. The zero-order valence-electron chi connectivity index (χ0n) is 11.6. The Bertz CT molecular complexity index is 649. The van der Waals surface area contributed by atoms with Crippen molar-refractivity contribution < 1.29 is 19.3 Å². The fourth-order valence-electron chi connectivity index (χ4n) is 2.44. The van der Waals surface area contributed by atoms with Crippen LogP contribution in [0.25, 0.3) is 11.2 Å². The van der Waals surface area contributed by atoms with Gasteiger partial charge in [-0.25, -0.2) is 19.3 Å². The number of halogens is 1. The first-order chi connectivity index (χ1) is 10.0. The first-order valence-electron chi connectivity index (χ1n) is 6.48. The van der Waals surface area contributed by atoms with Gasteiger partial charge in [0.1, 0.15) is 18.5 Å². The number of aromatic nitrogens is 4. The highest BCUT2D eigenvalue weighted by Gasteiger charge is 2.45. The lowest BCUT2D eigenvalue weighted by atomic mass is 10.1. The fraction of sp³-hybridized carbons (Fsp3) is 0.583. The Labute approximate surface area is 119 Å². The summed E-state index contributed by atoms with van der Waals surface area (Å²) in [7, 11) is 3.64. The van der Waals surface area contributed by atoms with E-state index in [0.29, 0.717) is 17.0 Å². The number of alkyl halides is 1. The van der Waals surface area contributed by atoms with Gasteiger partial charge < -0.3 is 19.8 Å². The molecule has 1 aliphatic rings. The van der Waals surface area contributed by atoms with E-state index in [-0.39, 0.29) is 0 Å². The quantitative estimate of drug-likeness (QED) is 0.787.